The minimum Gasteiger partial charge on any atom is -0.497 e. The van der Waals surface area contributed by atoms with E-state index in [4.69, 9.17) is 9.47 Å². The molecule has 19 heavy (non-hydrogen) atoms. The van der Waals surface area contributed by atoms with Crippen molar-refractivity contribution in [1.29, 1.82) is 0 Å². The van der Waals surface area contributed by atoms with Crippen LogP contribution in [-0.2, 0) is 11.2 Å². The quantitative estimate of drug-likeness (QED) is 0.660. The fourth-order valence-electron chi connectivity index (χ4n) is 1.96. The summed E-state index contributed by atoms with van der Waals surface area (Å²) in [6.07, 6.45) is 3.22. The standard InChI is InChI=1S/C16H27NO2/c1-4-11-19-12-5-10-17-14(2)13-15-6-8-16(18-3)9-7-15/h6-9,14,17H,4-5,10-13H2,1-3H3. The van der Waals surface area contributed by atoms with Crippen LogP contribution in [0.4, 0.5) is 0 Å². The highest BCUT2D eigenvalue weighted by atomic mass is 16.5. The van der Waals surface area contributed by atoms with E-state index in [1.54, 1.807) is 7.11 Å². The van der Waals surface area contributed by atoms with Crippen molar-refractivity contribution < 1.29 is 9.47 Å². The lowest BCUT2D eigenvalue weighted by Crippen LogP contribution is -2.29. The highest BCUT2D eigenvalue weighted by Gasteiger charge is 2.03. The van der Waals surface area contributed by atoms with Crippen molar-refractivity contribution in [2.45, 2.75) is 39.2 Å². The Hall–Kier alpha value is -1.06. The largest absolute Gasteiger partial charge is 0.497 e. The molecule has 3 nitrogen and oxygen atoms in total. The van der Waals surface area contributed by atoms with E-state index in [0.717, 1.165) is 44.8 Å². The topological polar surface area (TPSA) is 30.5 Å². The van der Waals surface area contributed by atoms with E-state index >= 15 is 0 Å². The Bertz CT molecular complexity index is 324. The van der Waals surface area contributed by atoms with E-state index in [0.29, 0.717) is 6.04 Å². The van der Waals surface area contributed by atoms with E-state index < -0.39 is 0 Å². The van der Waals surface area contributed by atoms with Crippen LogP contribution in [0.1, 0.15) is 32.3 Å². The van der Waals surface area contributed by atoms with E-state index in [2.05, 4.69) is 31.3 Å². The van der Waals surface area contributed by atoms with Gasteiger partial charge < -0.3 is 14.8 Å². The van der Waals surface area contributed by atoms with Gasteiger partial charge in [-0.2, -0.15) is 0 Å². The van der Waals surface area contributed by atoms with E-state index in [-0.39, 0.29) is 0 Å². The van der Waals surface area contributed by atoms with Gasteiger partial charge in [0.25, 0.3) is 0 Å². The molecule has 0 aromatic heterocycles. The third-order valence-electron chi connectivity index (χ3n) is 3.01. The number of benzene rings is 1. The molecule has 0 spiro atoms. The molecule has 1 atom stereocenters. The fourth-order valence-corrected chi connectivity index (χ4v) is 1.96. The summed E-state index contributed by atoms with van der Waals surface area (Å²) in [6.45, 7) is 7.10. The Kier molecular flexibility index (Phi) is 8.26. The number of methoxy groups -OCH3 is 1. The predicted molar refractivity (Wildman–Crippen MR) is 79.9 cm³/mol. The first-order valence-corrected chi connectivity index (χ1v) is 7.20. The molecule has 0 aliphatic carbocycles. The van der Waals surface area contributed by atoms with Crippen LogP contribution in [0.15, 0.2) is 24.3 Å². The lowest BCUT2D eigenvalue weighted by atomic mass is 10.1. The van der Waals surface area contributed by atoms with Crippen LogP contribution in [0.5, 0.6) is 5.75 Å². The predicted octanol–water partition coefficient (Wildman–Crippen LogP) is 3.03. The summed E-state index contributed by atoms with van der Waals surface area (Å²) in [7, 11) is 1.69. The summed E-state index contributed by atoms with van der Waals surface area (Å²) >= 11 is 0. The van der Waals surface area contributed by atoms with Crippen molar-refractivity contribution in [2.75, 3.05) is 26.9 Å². The first kappa shape index (κ1) is 16.0. The maximum absolute atomic E-state index is 5.45. The first-order valence-electron chi connectivity index (χ1n) is 7.20. The smallest absolute Gasteiger partial charge is 0.118 e. The summed E-state index contributed by atoms with van der Waals surface area (Å²) in [5.41, 5.74) is 1.34. The third kappa shape index (κ3) is 7.19. The van der Waals surface area contributed by atoms with Crippen LogP contribution >= 0.6 is 0 Å². The molecule has 108 valence electrons. The maximum Gasteiger partial charge on any atom is 0.118 e. The number of hydrogen-bond acceptors (Lipinski definition) is 3. The van der Waals surface area contributed by atoms with E-state index in [1.165, 1.54) is 5.56 Å². The Labute approximate surface area is 117 Å². The average molecular weight is 265 g/mol. The Balaban J connectivity index is 2.14. The second-order valence-corrected chi connectivity index (χ2v) is 4.87. The van der Waals surface area contributed by atoms with Gasteiger partial charge in [0.2, 0.25) is 0 Å². The molecule has 1 aromatic carbocycles. The lowest BCUT2D eigenvalue weighted by molar-refractivity contribution is 0.132. The average Bonchev–Trinajstić information content (AvgIpc) is 2.43. The summed E-state index contributed by atoms with van der Waals surface area (Å²) < 4.78 is 10.6. The van der Waals surface area contributed by atoms with Crippen molar-refractivity contribution >= 4 is 0 Å². The first-order chi connectivity index (χ1) is 9.26. The number of nitrogens with one attached hydrogen (secondary N) is 1. The number of hydrogen-bond donors (Lipinski definition) is 1. The molecule has 0 amide bonds. The van der Waals surface area contributed by atoms with Gasteiger partial charge in [0.05, 0.1) is 7.11 Å². The molecule has 1 unspecified atom stereocenters. The van der Waals surface area contributed by atoms with Gasteiger partial charge in [-0.15, -0.1) is 0 Å². The van der Waals surface area contributed by atoms with Gasteiger partial charge in [-0.3, -0.25) is 0 Å². The number of ether oxygens (including phenoxy) is 2. The molecule has 1 N–H and O–H groups in total. The summed E-state index contributed by atoms with van der Waals surface area (Å²) in [5.74, 6) is 0.914. The van der Waals surface area contributed by atoms with Gasteiger partial charge in [0.1, 0.15) is 5.75 Å². The zero-order chi connectivity index (χ0) is 13.9. The molecule has 0 bridgehead atoms. The van der Waals surface area contributed by atoms with Gasteiger partial charge in [0.15, 0.2) is 0 Å². The third-order valence-corrected chi connectivity index (χ3v) is 3.01. The van der Waals surface area contributed by atoms with Crippen molar-refractivity contribution in [1.82, 2.24) is 5.32 Å². The number of rotatable bonds is 10. The molecule has 0 heterocycles. The van der Waals surface area contributed by atoms with Crippen LogP contribution in [-0.4, -0.2) is 32.9 Å². The second kappa shape index (κ2) is 9.82. The van der Waals surface area contributed by atoms with Crippen LogP contribution in [0, 0.1) is 0 Å². The minimum absolute atomic E-state index is 0.486. The van der Waals surface area contributed by atoms with E-state index in [9.17, 15) is 0 Å². The Morgan fingerprint density at radius 3 is 2.53 bits per heavy atom. The maximum atomic E-state index is 5.45. The SMILES string of the molecule is CCCOCCCNC(C)Cc1ccc(OC)cc1. The molecule has 1 aromatic rings. The molecule has 0 aliphatic heterocycles. The van der Waals surface area contributed by atoms with Gasteiger partial charge in [-0.25, -0.2) is 0 Å². The molecule has 0 saturated carbocycles. The Morgan fingerprint density at radius 1 is 1.16 bits per heavy atom. The van der Waals surface area contributed by atoms with Crippen molar-refractivity contribution in [3.63, 3.8) is 0 Å². The van der Waals surface area contributed by atoms with Gasteiger partial charge in [0, 0.05) is 19.3 Å². The summed E-state index contributed by atoms with van der Waals surface area (Å²) in [4.78, 5) is 0. The van der Waals surface area contributed by atoms with Gasteiger partial charge in [-0.1, -0.05) is 19.1 Å². The van der Waals surface area contributed by atoms with Crippen LogP contribution < -0.4 is 10.1 Å². The summed E-state index contributed by atoms with van der Waals surface area (Å²) in [6, 6.07) is 8.77. The minimum atomic E-state index is 0.486. The monoisotopic (exact) mass is 265 g/mol. The zero-order valence-electron chi connectivity index (χ0n) is 12.4. The highest BCUT2D eigenvalue weighted by Crippen LogP contribution is 2.12. The highest BCUT2D eigenvalue weighted by molar-refractivity contribution is 5.27. The lowest BCUT2D eigenvalue weighted by Gasteiger charge is -2.14. The fraction of sp³-hybridized carbons (Fsp3) is 0.625. The molecule has 3 heteroatoms. The van der Waals surface area contributed by atoms with Crippen molar-refractivity contribution in [3.05, 3.63) is 29.8 Å². The molecule has 0 radical (unpaired) electrons. The van der Waals surface area contributed by atoms with Gasteiger partial charge >= 0.3 is 0 Å². The summed E-state index contributed by atoms with van der Waals surface area (Å²) in [5, 5.41) is 3.53. The van der Waals surface area contributed by atoms with Crippen LogP contribution in [0.3, 0.4) is 0 Å². The van der Waals surface area contributed by atoms with E-state index in [1.807, 2.05) is 12.1 Å². The molecule has 0 saturated heterocycles. The van der Waals surface area contributed by atoms with Crippen molar-refractivity contribution in [2.24, 2.45) is 0 Å². The molecule has 0 fully saturated rings. The molecular formula is C16H27NO2. The Morgan fingerprint density at radius 2 is 1.89 bits per heavy atom. The normalized spacial score (nSPS) is 12.4. The van der Waals surface area contributed by atoms with Crippen LogP contribution in [0.25, 0.3) is 0 Å². The molecule has 0 aliphatic rings. The van der Waals surface area contributed by atoms with Crippen molar-refractivity contribution in [3.8, 4) is 5.75 Å². The van der Waals surface area contributed by atoms with Crippen LogP contribution in [0.2, 0.25) is 0 Å². The molecule has 1 rings (SSSR count). The van der Waals surface area contributed by atoms with Gasteiger partial charge in [-0.05, 0) is 50.4 Å². The zero-order valence-corrected chi connectivity index (χ0v) is 12.4. The second-order valence-electron chi connectivity index (χ2n) is 4.87. The molecular weight excluding hydrogens is 238 g/mol.